The lowest BCUT2D eigenvalue weighted by Crippen LogP contribution is -2.22. The number of aromatic nitrogens is 2. The summed E-state index contributed by atoms with van der Waals surface area (Å²) < 4.78 is 50.7. The predicted octanol–water partition coefficient (Wildman–Crippen LogP) is 4.39. The monoisotopic (exact) mass is 433 g/mol. The molecule has 31 heavy (non-hydrogen) atoms. The summed E-state index contributed by atoms with van der Waals surface area (Å²) in [5, 5.41) is 16.4. The van der Waals surface area contributed by atoms with Crippen molar-refractivity contribution in [3.8, 4) is 28.6 Å². The van der Waals surface area contributed by atoms with Crippen molar-refractivity contribution in [2.75, 3.05) is 19.8 Å². The molecule has 0 spiro atoms. The number of aliphatic hydroxyl groups excluding tert-OH is 1. The molecule has 0 saturated heterocycles. The molecular formula is C22H22F3N3O3. The fraction of sp³-hybridized carbons (Fsp3) is 0.364. The van der Waals surface area contributed by atoms with Gasteiger partial charge in [-0.1, -0.05) is 23.4 Å². The van der Waals surface area contributed by atoms with Crippen molar-refractivity contribution in [2.24, 2.45) is 0 Å². The first-order chi connectivity index (χ1) is 14.9. The molecule has 0 aliphatic heterocycles. The first-order valence-electron chi connectivity index (χ1n) is 10.1. The van der Waals surface area contributed by atoms with E-state index in [4.69, 9.17) is 14.4 Å². The third-order valence-electron chi connectivity index (χ3n) is 5.27. The van der Waals surface area contributed by atoms with Crippen LogP contribution in [0, 0.1) is 0 Å². The van der Waals surface area contributed by atoms with E-state index in [9.17, 15) is 13.2 Å². The van der Waals surface area contributed by atoms with E-state index in [-0.39, 0.29) is 36.5 Å². The summed E-state index contributed by atoms with van der Waals surface area (Å²) in [6.07, 6.45) is -2.88. The summed E-state index contributed by atoms with van der Waals surface area (Å²) >= 11 is 0. The van der Waals surface area contributed by atoms with Crippen molar-refractivity contribution in [3.63, 3.8) is 0 Å². The lowest BCUT2D eigenvalue weighted by atomic mass is 10.0. The smallest absolute Gasteiger partial charge is 0.419 e. The van der Waals surface area contributed by atoms with Gasteiger partial charge >= 0.3 is 6.18 Å². The van der Waals surface area contributed by atoms with Crippen LogP contribution in [0.3, 0.4) is 0 Å². The number of rotatable bonds is 7. The molecular weight excluding hydrogens is 411 g/mol. The second-order valence-corrected chi connectivity index (χ2v) is 7.21. The fourth-order valence-electron chi connectivity index (χ4n) is 3.93. The van der Waals surface area contributed by atoms with Crippen molar-refractivity contribution >= 4 is 0 Å². The van der Waals surface area contributed by atoms with Gasteiger partial charge in [-0.3, -0.25) is 0 Å². The number of nitrogens with zero attached hydrogens (tertiary/aromatic N) is 2. The van der Waals surface area contributed by atoms with Gasteiger partial charge in [-0.2, -0.15) is 18.2 Å². The van der Waals surface area contributed by atoms with E-state index in [0.717, 1.165) is 35.6 Å². The average molecular weight is 433 g/mol. The molecule has 0 radical (unpaired) electrons. The topological polar surface area (TPSA) is 80.4 Å². The molecule has 1 aromatic heterocycles. The molecule has 164 valence electrons. The number of hydrogen-bond donors (Lipinski definition) is 2. The number of fused-ring (bicyclic) bond motifs is 1. The molecule has 9 heteroatoms. The molecule has 1 heterocycles. The standard InChI is InChI=1S/C22H22F3N3O3/c1-2-30-19-9-6-13(12-17(19)22(23,24)25)21-27-20(28-31-21)16-5-3-4-15-14(16)7-8-18(15)26-10-11-29/h3-6,9,12,18,26,29H,2,7-8,10-11H2,1H3. The molecule has 1 aliphatic carbocycles. The Balaban J connectivity index is 1.67. The summed E-state index contributed by atoms with van der Waals surface area (Å²) in [7, 11) is 0. The van der Waals surface area contributed by atoms with Crippen LogP contribution in [-0.2, 0) is 12.6 Å². The summed E-state index contributed by atoms with van der Waals surface area (Å²) in [5.41, 5.74) is 2.27. The summed E-state index contributed by atoms with van der Waals surface area (Å²) in [5.74, 6) is 0.104. The van der Waals surface area contributed by atoms with E-state index in [1.54, 1.807) is 6.92 Å². The molecule has 4 rings (SSSR count). The van der Waals surface area contributed by atoms with E-state index in [1.807, 2.05) is 18.2 Å². The number of nitrogens with one attached hydrogen (secondary N) is 1. The van der Waals surface area contributed by atoms with Gasteiger partial charge in [0.05, 0.1) is 18.8 Å². The van der Waals surface area contributed by atoms with E-state index >= 15 is 0 Å². The van der Waals surface area contributed by atoms with Crippen LogP contribution in [0.2, 0.25) is 0 Å². The van der Waals surface area contributed by atoms with Gasteiger partial charge in [-0.25, -0.2) is 0 Å². The average Bonchev–Trinajstić information content (AvgIpc) is 3.39. The summed E-state index contributed by atoms with van der Waals surface area (Å²) in [4.78, 5) is 4.37. The summed E-state index contributed by atoms with van der Waals surface area (Å²) in [6.45, 7) is 2.31. The SMILES string of the molecule is CCOc1ccc(-c2nc(-c3cccc4c3CCC4NCCO)no2)cc1C(F)(F)F. The zero-order valence-electron chi connectivity index (χ0n) is 16.9. The second-order valence-electron chi connectivity index (χ2n) is 7.21. The highest BCUT2D eigenvalue weighted by Gasteiger charge is 2.35. The highest BCUT2D eigenvalue weighted by Crippen LogP contribution is 2.40. The third kappa shape index (κ3) is 4.28. The van der Waals surface area contributed by atoms with Gasteiger partial charge in [0.15, 0.2) is 0 Å². The minimum absolute atomic E-state index is 0.00843. The molecule has 0 amide bonds. The Bertz CT molecular complexity index is 1070. The summed E-state index contributed by atoms with van der Waals surface area (Å²) in [6, 6.07) is 9.62. The zero-order chi connectivity index (χ0) is 22.0. The number of benzene rings is 2. The Morgan fingerprint density at radius 3 is 2.84 bits per heavy atom. The molecule has 1 aliphatic rings. The van der Waals surface area contributed by atoms with E-state index in [0.29, 0.717) is 12.4 Å². The van der Waals surface area contributed by atoms with Crippen molar-refractivity contribution < 1.29 is 27.5 Å². The maximum absolute atomic E-state index is 13.4. The Hall–Kier alpha value is -2.91. The van der Waals surface area contributed by atoms with E-state index < -0.39 is 11.7 Å². The minimum Gasteiger partial charge on any atom is -0.493 e. The highest BCUT2D eigenvalue weighted by molar-refractivity contribution is 5.66. The van der Waals surface area contributed by atoms with Crippen LogP contribution in [0.15, 0.2) is 40.9 Å². The third-order valence-corrected chi connectivity index (χ3v) is 5.27. The second kappa shape index (κ2) is 8.68. The number of alkyl halides is 3. The molecule has 1 atom stereocenters. The molecule has 1 unspecified atom stereocenters. The molecule has 2 aromatic carbocycles. The van der Waals surface area contributed by atoms with Crippen LogP contribution in [-0.4, -0.2) is 35.0 Å². The van der Waals surface area contributed by atoms with E-state index in [2.05, 4.69) is 15.5 Å². The molecule has 6 nitrogen and oxygen atoms in total. The maximum atomic E-state index is 13.4. The Morgan fingerprint density at radius 1 is 1.26 bits per heavy atom. The molecule has 2 N–H and O–H groups in total. The molecule has 0 bridgehead atoms. The van der Waals surface area contributed by atoms with Crippen LogP contribution < -0.4 is 10.1 Å². The number of aliphatic hydroxyl groups is 1. The first-order valence-corrected chi connectivity index (χ1v) is 10.1. The van der Waals surface area contributed by atoms with Crippen LogP contribution in [0.4, 0.5) is 13.2 Å². The van der Waals surface area contributed by atoms with Crippen LogP contribution in [0.5, 0.6) is 5.75 Å². The Labute approximate surface area is 177 Å². The van der Waals surface area contributed by atoms with Gasteiger partial charge in [0.25, 0.3) is 5.89 Å². The first kappa shape index (κ1) is 21.3. The van der Waals surface area contributed by atoms with Crippen molar-refractivity contribution in [3.05, 3.63) is 53.1 Å². The number of hydrogen-bond acceptors (Lipinski definition) is 6. The molecule has 0 saturated carbocycles. The van der Waals surface area contributed by atoms with Gasteiger partial charge in [-0.15, -0.1) is 0 Å². The number of ether oxygens (including phenoxy) is 1. The highest BCUT2D eigenvalue weighted by atomic mass is 19.4. The van der Waals surface area contributed by atoms with Gasteiger partial charge in [0.2, 0.25) is 5.82 Å². The van der Waals surface area contributed by atoms with Crippen molar-refractivity contribution in [1.82, 2.24) is 15.5 Å². The van der Waals surface area contributed by atoms with E-state index in [1.165, 1.54) is 12.1 Å². The minimum atomic E-state index is -4.57. The maximum Gasteiger partial charge on any atom is 0.419 e. The van der Waals surface area contributed by atoms with Crippen molar-refractivity contribution in [2.45, 2.75) is 32.0 Å². The van der Waals surface area contributed by atoms with Gasteiger partial charge in [0, 0.05) is 23.7 Å². The lowest BCUT2D eigenvalue weighted by Gasteiger charge is -2.13. The largest absolute Gasteiger partial charge is 0.493 e. The van der Waals surface area contributed by atoms with Gasteiger partial charge in [0.1, 0.15) is 5.75 Å². The molecule has 3 aromatic rings. The van der Waals surface area contributed by atoms with Crippen LogP contribution >= 0.6 is 0 Å². The molecule has 0 fully saturated rings. The lowest BCUT2D eigenvalue weighted by molar-refractivity contribution is -0.138. The fourth-order valence-corrected chi connectivity index (χ4v) is 3.93. The van der Waals surface area contributed by atoms with Crippen LogP contribution in [0.1, 0.15) is 36.1 Å². The van der Waals surface area contributed by atoms with Crippen LogP contribution in [0.25, 0.3) is 22.8 Å². The zero-order valence-corrected chi connectivity index (χ0v) is 16.9. The predicted molar refractivity (Wildman–Crippen MR) is 107 cm³/mol. The normalized spacial score (nSPS) is 15.8. The van der Waals surface area contributed by atoms with Gasteiger partial charge in [-0.05, 0) is 49.1 Å². The number of halogens is 3. The van der Waals surface area contributed by atoms with Gasteiger partial charge < -0.3 is 19.7 Å². The quantitative estimate of drug-likeness (QED) is 0.575. The Morgan fingerprint density at radius 2 is 2.10 bits per heavy atom. The Kier molecular flexibility index (Phi) is 5.97. The van der Waals surface area contributed by atoms with Crippen molar-refractivity contribution in [1.29, 1.82) is 0 Å².